The van der Waals surface area contributed by atoms with Crippen LogP contribution in [0.15, 0.2) is 42.5 Å². The van der Waals surface area contributed by atoms with Crippen LogP contribution in [0.25, 0.3) is 0 Å². The molecule has 2 aliphatic rings. The fraction of sp³-hybridized carbons (Fsp3) is 0.364. The van der Waals surface area contributed by atoms with Crippen molar-refractivity contribution in [1.82, 2.24) is 4.90 Å². The van der Waals surface area contributed by atoms with Gasteiger partial charge in [0, 0.05) is 49.1 Å². The van der Waals surface area contributed by atoms with Crippen molar-refractivity contribution in [2.45, 2.75) is 25.7 Å². The van der Waals surface area contributed by atoms with E-state index in [2.05, 4.69) is 5.32 Å². The van der Waals surface area contributed by atoms with E-state index in [9.17, 15) is 19.7 Å². The van der Waals surface area contributed by atoms with Crippen molar-refractivity contribution in [2.24, 2.45) is 0 Å². The number of carbonyl (C=O) groups is 2. The molecule has 4 rings (SSSR count). The quantitative estimate of drug-likeness (QED) is 0.601. The van der Waals surface area contributed by atoms with E-state index in [1.807, 2.05) is 9.80 Å². The Balaban J connectivity index is 1.47. The number of benzene rings is 2. The topological polar surface area (TPSA) is 95.8 Å². The highest BCUT2D eigenvalue weighted by atomic mass is 16.6. The summed E-state index contributed by atoms with van der Waals surface area (Å²) in [5.74, 6) is -0.428. The maximum atomic E-state index is 12.6. The molecule has 0 saturated carbocycles. The minimum Gasteiger partial charge on any atom is -0.366 e. The Bertz CT molecular complexity index is 962. The molecule has 156 valence electrons. The van der Waals surface area contributed by atoms with Gasteiger partial charge in [0.05, 0.1) is 4.92 Å². The van der Waals surface area contributed by atoms with Crippen molar-refractivity contribution in [1.29, 1.82) is 0 Å². The molecule has 2 aromatic rings. The zero-order chi connectivity index (χ0) is 21.1. The molecular formula is C22H24N4O4. The lowest BCUT2D eigenvalue weighted by Crippen LogP contribution is -2.27. The molecule has 30 heavy (non-hydrogen) atoms. The third-order valence-corrected chi connectivity index (χ3v) is 5.66. The molecule has 0 bridgehead atoms. The fourth-order valence-corrected chi connectivity index (χ4v) is 4.04. The summed E-state index contributed by atoms with van der Waals surface area (Å²) in [4.78, 5) is 39.9. The zero-order valence-corrected chi connectivity index (χ0v) is 16.7. The summed E-state index contributed by atoms with van der Waals surface area (Å²) in [5, 5.41) is 14.3. The average molecular weight is 408 g/mol. The van der Waals surface area contributed by atoms with Crippen LogP contribution in [0.1, 0.15) is 46.4 Å². The predicted octanol–water partition coefficient (Wildman–Crippen LogP) is 3.68. The molecular weight excluding hydrogens is 384 g/mol. The lowest BCUT2D eigenvalue weighted by Gasteiger charge is -2.18. The number of hydrogen-bond donors (Lipinski definition) is 1. The van der Waals surface area contributed by atoms with Gasteiger partial charge in [0.1, 0.15) is 5.69 Å². The number of rotatable bonds is 5. The van der Waals surface area contributed by atoms with E-state index >= 15 is 0 Å². The molecule has 0 aromatic heterocycles. The first-order chi connectivity index (χ1) is 14.5. The van der Waals surface area contributed by atoms with Crippen LogP contribution >= 0.6 is 0 Å². The molecule has 0 unspecified atom stereocenters. The molecule has 1 N–H and O–H groups in total. The lowest BCUT2D eigenvalue weighted by atomic mass is 10.1. The van der Waals surface area contributed by atoms with Gasteiger partial charge < -0.3 is 15.1 Å². The van der Waals surface area contributed by atoms with Gasteiger partial charge in [0.25, 0.3) is 17.5 Å². The Hall–Kier alpha value is -3.42. The minimum absolute atomic E-state index is 0.00139. The molecule has 2 heterocycles. The van der Waals surface area contributed by atoms with Gasteiger partial charge >= 0.3 is 0 Å². The van der Waals surface area contributed by atoms with E-state index in [-0.39, 0.29) is 17.2 Å². The standard InChI is InChI=1S/C22H24N4O4/c27-21(17-7-10-19(20(15-17)26(29)30)24-11-1-2-12-24)23-18-8-5-16(6-9-18)22(28)25-13-3-4-14-25/h5-10,15H,1-4,11-14H2,(H,23,27). The largest absolute Gasteiger partial charge is 0.366 e. The number of anilines is 2. The Morgan fingerprint density at radius 1 is 0.867 bits per heavy atom. The molecule has 2 amide bonds. The molecule has 0 aliphatic carbocycles. The Labute approximate surface area is 174 Å². The van der Waals surface area contributed by atoms with Gasteiger partial charge in [-0.3, -0.25) is 19.7 Å². The predicted molar refractivity (Wildman–Crippen MR) is 114 cm³/mol. The van der Waals surface area contributed by atoms with Crippen molar-refractivity contribution in [2.75, 3.05) is 36.4 Å². The zero-order valence-electron chi connectivity index (χ0n) is 16.7. The van der Waals surface area contributed by atoms with Crippen LogP contribution in [0.3, 0.4) is 0 Å². The van der Waals surface area contributed by atoms with Crippen LogP contribution in [0.2, 0.25) is 0 Å². The number of likely N-dealkylation sites (tertiary alicyclic amines) is 1. The van der Waals surface area contributed by atoms with Gasteiger partial charge in [-0.15, -0.1) is 0 Å². The number of amides is 2. The first-order valence-corrected chi connectivity index (χ1v) is 10.3. The van der Waals surface area contributed by atoms with Crippen LogP contribution in [-0.2, 0) is 0 Å². The van der Waals surface area contributed by atoms with Gasteiger partial charge in [-0.2, -0.15) is 0 Å². The van der Waals surface area contributed by atoms with E-state index < -0.39 is 10.8 Å². The number of nitrogens with zero attached hydrogens (tertiary/aromatic N) is 3. The third kappa shape index (κ3) is 4.12. The summed E-state index contributed by atoms with van der Waals surface area (Å²) < 4.78 is 0. The number of nitro benzene ring substituents is 1. The highest BCUT2D eigenvalue weighted by Gasteiger charge is 2.24. The van der Waals surface area contributed by atoms with Crippen molar-refractivity contribution < 1.29 is 14.5 Å². The molecule has 2 aromatic carbocycles. The summed E-state index contributed by atoms with van der Waals surface area (Å²) in [6, 6.07) is 11.3. The fourth-order valence-electron chi connectivity index (χ4n) is 4.04. The van der Waals surface area contributed by atoms with Crippen LogP contribution in [0.5, 0.6) is 0 Å². The molecule has 0 radical (unpaired) electrons. The number of nitro groups is 1. The normalized spacial score (nSPS) is 16.0. The van der Waals surface area contributed by atoms with Crippen LogP contribution in [0.4, 0.5) is 17.1 Å². The van der Waals surface area contributed by atoms with Crippen LogP contribution in [0, 0.1) is 10.1 Å². The van der Waals surface area contributed by atoms with E-state index in [0.29, 0.717) is 16.9 Å². The van der Waals surface area contributed by atoms with Gasteiger partial charge in [0.2, 0.25) is 0 Å². The molecule has 2 saturated heterocycles. The first kappa shape index (κ1) is 19.9. The average Bonchev–Trinajstić information content (AvgIpc) is 3.47. The number of hydrogen-bond acceptors (Lipinski definition) is 5. The van der Waals surface area contributed by atoms with Crippen molar-refractivity contribution >= 4 is 28.9 Å². The van der Waals surface area contributed by atoms with Crippen molar-refractivity contribution in [3.8, 4) is 0 Å². The smallest absolute Gasteiger partial charge is 0.293 e. The summed E-state index contributed by atoms with van der Waals surface area (Å²) in [7, 11) is 0. The van der Waals surface area contributed by atoms with Gasteiger partial charge in [0.15, 0.2) is 0 Å². The second kappa shape index (κ2) is 8.52. The summed E-state index contributed by atoms with van der Waals surface area (Å²) in [5.41, 5.74) is 1.83. The first-order valence-electron chi connectivity index (χ1n) is 10.3. The lowest BCUT2D eigenvalue weighted by molar-refractivity contribution is -0.384. The van der Waals surface area contributed by atoms with E-state index in [1.165, 1.54) is 6.07 Å². The Morgan fingerprint density at radius 3 is 2.10 bits per heavy atom. The second-order valence-electron chi connectivity index (χ2n) is 7.69. The SMILES string of the molecule is O=C(Nc1ccc(C(=O)N2CCCC2)cc1)c1ccc(N2CCCC2)c([N+](=O)[O-])c1. The minimum atomic E-state index is -0.441. The third-order valence-electron chi connectivity index (χ3n) is 5.66. The van der Waals surface area contributed by atoms with Crippen molar-refractivity contribution in [3.05, 3.63) is 63.7 Å². The van der Waals surface area contributed by atoms with Gasteiger partial charge in [-0.25, -0.2) is 0 Å². The Kier molecular flexibility index (Phi) is 5.65. The molecule has 2 fully saturated rings. The summed E-state index contributed by atoms with van der Waals surface area (Å²) in [6.45, 7) is 3.14. The van der Waals surface area contributed by atoms with Crippen LogP contribution in [-0.4, -0.2) is 47.8 Å². The number of carbonyl (C=O) groups excluding carboxylic acids is 2. The van der Waals surface area contributed by atoms with Gasteiger partial charge in [-0.05, 0) is 62.1 Å². The highest BCUT2D eigenvalue weighted by molar-refractivity contribution is 6.05. The molecule has 8 nitrogen and oxygen atoms in total. The Morgan fingerprint density at radius 2 is 1.47 bits per heavy atom. The molecule has 2 aliphatic heterocycles. The van der Waals surface area contributed by atoms with E-state index in [0.717, 1.165) is 51.9 Å². The van der Waals surface area contributed by atoms with E-state index in [4.69, 9.17) is 0 Å². The summed E-state index contributed by atoms with van der Waals surface area (Å²) in [6.07, 6.45) is 4.08. The van der Waals surface area contributed by atoms with E-state index in [1.54, 1.807) is 36.4 Å². The highest BCUT2D eigenvalue weighted by Crippen LogP contribution is 2.32. The maximum absolute atomic E-state index is 12.6. The summed E-state index contributed by atoms with van der Waals surface area (Å²) >= 11 is 0. The van der Waals surface area contributed by atoms with Crippen molar-refractivity contribution in [3.63, 3.8) is 0 Å². The molecule has 0 spiro atoms. The monoisotopic (exact) mass is 408 g/mol. The molecule has 8 heteroatoms. The van der Waals surface area contributed by atoms with Crippen LogP contribution < -0.4 is 10.2 Å². The second-order valence-corrected chi connectivity index (χ2v) is 7.69. The maximum Gasteiger partial charge on any atom is 0.293 e. The number of nitrogens with one attached hydrogen (secondary N) is 1. The van der Waals surface area contributed by atoms with Gasteiger partial charge in [-0.1, -0.05) is 0 Å². The molecule has 0 atom stereocenters.